The van der Waals surface area contributed by atoms with Crippen molar-refractivity contribution >= 4 is 28.5 Å². The third kappa shape index (κ3) is 6.65. The number of aryl methyl sites for hydroxylation is 2. The molecule has 3 aromatic rings. The molecule has 0 saturated heterocycles. The molecule has 0 fully saturated rings. The molecule has 0 unspecified atom stereocenters. The van der Waals surface area contributed by atoms with E-state index in [0.717, 1.165) is 35.4 Å². The van der Waals surface area contributed by atoms with Gasteiger partial charge in [0.15, 0.2) is 11.5 Å². The number of rotatable bonds is 10. The van der Waals surface area contributed by atoms with Crippen LogP contribution in [0.4, 0.5) is 5.13 Å². The highest BCUT2D eigenvalue weighted by molar-refractivity contribution is 7.15. The highest BCUT2D eigenvalue weighted by atomic mass is 32.1. The molecule has 1 N–H and O–H groups in total. The maximum absolute atomic E-state index is 12.2. The Morgan fingerprint density at radius 1 is 1.16 bits per heavy atom. The van der Waals surface area contributed by atoms with E-state index in [-0.39, 0.29) is 5.91 Å². The Labute approximate surface area is 186 Å². The first-order valence-electron chi connectivity index (χ1n) is 10.3. The van der Waals surface area contributed by atoms with Crippen molar-refractivity contribution in [1.82, 2.24) is 10.2 Å². The summed E-state index contributed by atoms with van der Waals surface area (Å²) in [6, 6.07) is 13.7. The highest BCUT2D eigenvalue weighted by Crippen LogP contribution is 2.29. The molecule has 0 saturated carbocycles. The van der Waals surface area contributed by atoms with E-state index in [1.807, 2.05) is 36.4 Å². The molecule has 0 radical (unpaired) electrons. The Balaban J connectivity index is 1.59. The largest absolute Gasteiger partial charge is 0.493 e. The molecular weight excluding hydrogens is 410 g/mol. The fourth-order valence-electron chi connectivity index (χ4n) is 2.89. The van der Waals surface area contributed by atoms with E-state index in [2.05, 4.69) is 35.4 Å². The van der Waals surface area contributed by atoms with E-state index in [4.69, 9.17) is 9.47 Å². The average molecular weight is 438 g/mol. The highest BCUT2D eigenvalue weighted by Gasteiger charge is 2.08. The fraction of sp³-hybridized carbons (Fsp3) is 0.292. The van der Waals surface area contributed by atoms with Gasteiger partial charge in [-0.15, -0.1) is 10.2 Å². The zero-order chi connectivity index (χ0) is 22.1. The number of nitrogens with zero attached hydrogens (tertiary/aromatic N) is 2. The lowest BCUT2D eigenvalue weighted by Crippen LogP contribution is -2.07. The quantitative estimate of drug-likeness (QED) is 0.428. The Morgan fingerprint density at radius 3 is 2.77 bits per heavy atom. The van der Waals surface area contributed by atoms with Gasteiger partial charge < -0.3 is 9.47 Å². The minimum absolute atomic E-state index is 0.253. The fourth-order valence-corrected chi connectivity index (χ4v) is 3.67. The maximum Gasteiger partial charge on any atom is 0.250 e. The summed E-state index contributed by atoms with van der Waals surface area (Å²) in [6.07, 6.45) is 6.24. The lowest BCUT2D eigenvalue weighted by Gasteiger charge is -2.12. The number of hydrogen-bond acceptors (Lipinski definition) is 6. The van der Waals surface area contributed by atoms with Gasteiger partial charge in [0.1, 0.15) is 11.6 Å². The van der Waals surface area contributed by atoms with Crippen LogP contribution in [0.15, 0.2) is 48.5 Å². The van der Waals surface area contributed by atoms with Crippen molar-refractivity contribution in [3.05, 3.63) is 70.2 Å². The molecule has 1 aromatic heterocycles. The molecule has 0 bridgehead atoms. The van der Waals surface area contributed by atoms with E-state index < -0.39 is 0 Å². The summed E-state index contributed by atoms with van der Waals surface area (Å²) in [6.45, 7) is 4.65. The maximum atomic E-state index is 12.2. The molecule has 1 amide bonds. The van der Waals surface area contributed by atoms with Crippen LogP contribution in [0, 0.1) is 6.92 Å². The Morgan fingerprint density at radius 2 is 2.00 bits per heavy atom. The van der Waals surface area contributed by atoms with Gasteiger partial charge in [-0.3, -0.25) is 10.1 Å². The van der Waals surface area contributed by atoms with Gasteiger partial charge in [0, 0.05) is 12.5 Å². The predicted molar refractivity (Wildman–Crippen MR) is 125 cm³/mol. The molecule has 0 aliphatic rings. The number of unbranched alkanes of at least 4 members (excludes halogenated alkanes) is 1. The first-order chi connectivity index (χ1) is 15.1. The van der Waals surface area contributed by atoms with Crippen LogP contribution in [0.1, 0.15) is 41.5 Å². The summed E-state index contributed by atoms with van der Waals surface area (Å²) in [7, 11) is 1.60. The van der Waals surface area contributed by atoms with Crippen molar-refractivity contribution in [2.45, 2.75) is 39.7 Å². The Kier molecular flexibility index (Phi) is 8.18. The molecule has 0 atom stereocenters. The van der Waals surface area contributed by atoms with Crippen molar-refractivity contribution in [1.29, 1.82) is 0 Å². The summed E-state index contributed by atoms with van der Waals surface area (Å²) < 4.78 is 11.4. The second-order valence-electron chi connectivity index (χ2n) is 7.05. The number of carbonyl (C=O) groups is 1. The first kappa shape index (κ1) is 22.5. The molecule has 0 aliphatic heterocycles. The second kappa shape index (κ2) is 11.3. The number of amides is 1. The average Bonchev–Trinajstić information content (AvgIpc) is 3.23. The molecule has 3 rings (SSSR count). The van der Waals surface area contributed by atoms with Gasteiger partial charge >= 0.3 is 0 Å². The minimum atomic E-state index is -0.253. The standard InChI is InChI=1S/C24H27N3O3S/c1-4-5-10-23-26-27-24(31-23)25-22(28)14-12-18-11-13-20(21(15-18)29-3)30-16-19-9-7-6-8-17(19)2/h6-9,11-15H,4-5,10,16H2,1-3H3,(H,25,27,28)/b14-12+. The van der Waals surface area contributed by atoms with Crippen LogP contribution in [0.3, 0.4) is 0 Å². The van der Waals surface area contributed by atoms with Crippen molar-refractivity contribution in [2.75, 3.05) is 12.4 Å². The van der Waals surface area contributed by atoms with Crippen LogP contribution >= 0.6 is 11.3 Å². The van der Waals surface area contributed by atoms with Gasteiger partial charge in [0.05, 0.1) is 7.11 Å². The summed E-state index contributed by atoms with van der Waals surface area (Å²) in [5, 5.41) is 12.3. The van der Waals surface area contributed by atoms with Gasteiger partial charge in [-0.25, -0.2) is 0 Å². The van der Waals surface area contributed by atoms with Crippen LogP contribution < -0.4 is 14.8 Å². The van der Waals surface area contributed by atoms with E-state index in [9.17, 15) is 4.79 Å². The van der Waals surface area contributed by atoms with Gasteiger partial charge in [-0.05, 0) is 48.2 Å². The van der Waals surface area contributed by atoms with Gasteiger partial charge in [-0.1, -0.05) is 55.0 Å². The molecule has 6 nitrogen and oxygen atoms in total. The van der Waals surface area contributed by atoms with E-state index in [1.54, 1.807) is 13.2 Å². The number of benzene rings is 2. The lowest BCUT2D eigenvalue weighted by molar-refractivity contribution is -0.111. The van der Waals surface area contributed by atoms with Crippen molar-refractivity contribution in [2.24, 2.45) is 0 Å². The summed E-state index contributed by atoms with van der Waals surface area (Å²) in [4.78, 5) is 12.2. The van der Waals surface area contributed by atoms with Crippen LogP contribution in [0.5, 0.6) is 11.5 Å². The number of aromatic nitrogens is 2. The van der Waals surface area contributed by atoms with Crippen molar-refractivity contribution < 1.29 is 14.3 Å². The molecule has 1 heterocycles. The SMILES string of the molecule is CCCCc1nnc(NC(=O)/C=C/c2ccc(OCc3ccccc3C)c(OC)c2)s1. The molecule has 2 aromatic carbocycles. The molecule has 0 spiro atoms. The zero-order valence-corrected chi connectivity index (χ0v) is 18.9. The van der Waals surface area contributed by atoms with Crippen molar-refractivity contribution in [3.8, 4) is 11.5 Å². The third-order valence-corrected chi connectivity index (χ3v) is 5.60. The van der Waals surface area contributed by atoms with E-state index in [0.29, 0.717) is 23.2 Å². The topological polar surface area (TPSA) is 73.3 Å². The smallest absolute Gasteiger partial charge is 0.250 e. The summed E-state index contributed by atoms with van der Waals surface area (Å²) in [5.74, 6) is 1.01. The number of anilines is 1. The monoisotopic (exact) mass is 437 g/mol. The number of ether oxygens (including phenoxy) is 2. The van der Waals surface area contributed by atoms with Crippen LogP contribution in [0.25, 0.3) is 6.08 Å². The van der Waals surface area contributed by atoms with E-state index >= 15 is 0 Å². The normalized spacial score (nSPS) is 10.9. The third-order valence-electron chi connectivity index (χ3n) is 4.70. The molecule has 162 valence electrons. The molecule has 31 heavy (non-hydrogen) atoms. The Hall–Kier alpha value is -3.19. The first-order valence-corrected chi connectivity index (χ1v) is 11.1. The second-order valence-corrected chi connectivity index (χ2v) is 8.11. The van der Waals surface area contributed by atoms with Gasteiger partial charge in [-0.2, -0.15) is 0 Å². The number of hydrogen-bond donors (Lipinski definition) is 1. The van der Waals surface area contributed by atoms with Crippen LogP contribution in [-0.4, -0.2) is 23.2 Å². The van der Waals surface area contributed by atoms with Crippen molar-refractivity contribution in [3.63, 3.8) is 0 Å². The molecule has 7 heteroatoms. The summed E-state index contributed by atoms with van der Waals surface area (Å²) in [5.41, 5.74) is 3.14. The van der Waals surface area contributed by atoms with Crippen LogP contribution in [-0.2, 0) is 17.8 Å². The van der Waals surface area contributed by atoms with E-state index in [1.165, 1.54) is 23.0 Å². The lowest BCUT2D eigenvalue weighted by atomic mass is 10.1. The number of carbonyl (C=O) groups excluding carboxylic acids is 1. The molecular formula is C24H27N3O3S. The predicted octanol–water partition coefficient (Wildman–Crippen LogP) is 5.43. The minimum Gasteiger partial charge on any atom is -0.493 e. The summed E-state index contributed by atoms with van der Waals surface area (Å²) >= 11 is 1.41. The van der Waals surface area contributed by atoms with Crippen LogP contribution in [0.2, 0.25) is 0 Å². The van der Waals surface area contributed by atoms with Gasteiger partial charge in [0.2, 0.25) is 11.0 Å². The van der Waals surface area contributed by atoms with Gasteiger partial charge in [0.25, 0.3) is 0 Å². The number of methoxy groups -OCH3 is 1. The number of nitrogens with one attached hydrogen (secondary N) is 1. The Bertz CT molecular complexity index is 1050. The molecule has 0 aliphatic carbocycles. The zero-order valence-electron chi connectivity index (χ0n) is 18.1.